The number of anilines is 4. The van der Waals surface area contributed by atoms with Crippen molar-refractivity contribution in [1.82, 2.24) is 19.9 Å². The second-order valence-corrected chi connectivity index (χ2v) is 8.54. The third kappa shape index (κ3) is 3.60. The van der Waals surface area contributed by atoms with Crippen LogP contribution in [0.2, 0.25) is 0 Å². The molecule has 32 heavy (non-hydrogen) atoms. The molecule has 1 amide bonds. The molecule has 5 rings (SSSR count). The van der Waals surface area contributed by atoms with Crippen LogP contribution in [0.25, 0.3) is 10.9 Å². The highest BCUT2D eigenvalue weighted by Crippen LogP contribution is 2.34. The molecule has 5 heterocycles. The number of nitrogens with two attached hydrogens (primary N) is 1. The topological polar surface area (TPSA) is 151 Å². The van der Waals surface area contributed by atoms with Gasteiger partial charge >= 0.3 is 0 Å². The summed E-state index contributed by atoms with van der Waals surface area (Å²) >= 11 is 0. The van der Waals surface area contributed by atoms with Gasteiger partial charge in [-0.3, -0.25) is 9.59 Å². The van der Waals surface area contributed by atoms with Gasteiger partial charge in [-0.1, -0.05) is 0 Å². The summed E-state index contributed by atoms with van der Waals surface area (Å²) < 4.78 is 5.73. The zero-order chi connectivity index (χ0) is 22.5. The van der Waals surface area contributed by atoms with Crippen molar-refractivity contribution in [2.45, 2.75) is 38.3 Å². The van der Waals surface area contributed by atoms with Gasteiger partial charge < -0.3 is 31.0 Å². The van der Waals surface area contributed by atoms with Gasteiger partial charge in [-0.05, 0) is 38.8 Å². The number of nitrogens with one attached hydrogen (secondary N) is 3. The van der Waals surface area contributed by atoms with E-state index in [9.17, 15) is 9.59 Å². The lowest BCUT2D eigenvalue weighted by molar-refractivity contribution is -0.129. The minimum atomic E-state index is -0.982. The van der Waals surface area contributed by atoms with Crippen molar-refractivity contribution >= 4 is 40.1 Å². The van der Waals surface area contributed by atoms with Crippen LogP contribution >= 0.6 is 0 Å². The molecule has 0 aromatic carbocycles. The Bertz CT molecular complexity index is 1270. The van der Waals surface area contributed by atoms with Gasteiger partial charge in [-0.2, -0.15) is 0 Å². The van der Waals surface area contributed by atoms with Gasteiger partial charge in [-0.25, -0.2) is 15.0 Å². The quantitative estimate of drug-likeness (QED) is 0.478. The average molecular weight is 436 g/mol. The van der Waals surface area contributed by atoms with E-state index in [-0.39, 0.29) is 17.5 Å². The molecule has 1 saturated heterocycles. The Balaban J connectivity index is 1.54. The van der Waals surface area contributed by atoms with Crippen LogP contribution < -0.4 is 31.6 Å². The predicted molar refractivity (Wildman–Crippen MR) is 120 cm³/mol. The van der Waals surface area contributed by atoms with Crippen molar-refractivity contribution in [3.05, 3.63) is 34.9 Å². The Morgan fingerprint density at radius 1 is 1.28 bits per heavy atom. The number of pyridine rings is 2. The van der Waals surface area contributed by atoms with Gasteiger partial charge in [0, 0.05) is 25.2 Å². The average Bonchev–Trinajstić information content (AvgIpc) is 2.74. The lowest BCUT2D eigenvalue weighted by atomic mass is 10.1. The number of carbonyl (C=O) groups is 1. The zero-order valence-electron chi connectivity index (χ0n) is 17.8. The smallest absolute Gasteiger partial charge is 0.269 e. The molecular weight excluding hydrogens is 412 g/mol. The number of ether oxygens (including phenoxy) is 1. The fraction of sp³-hybridized carbons (Fsp3) is 0.381. The molecule has 0 radical (unpaired) electrons. The summed E-state index contributed by atoms with van der Waals surface area (Å²) in [5.41, 5.74) is 5.36. The van der Waals surface area contributed by atoms with Crippen LogP contribution in [-0.4, -0.2) is 50.6 Å². The molecule has 11 nitrogen and oxygen atoms in total. The van der Waals surface area contributed by atoms with E-state index in [0.717, 1.165) is 19.4 Å². The second kappa shape index (κ2) is 7.45. The highest BCUT2D eigenvalue weighted by molar-refractivity contribution is 5.99. The number of hydrogen-bond donors (Lipinski definition) is 4. The van der Waals surface area contributed by atoms with Gasteiger partial charge in [-0.15, -0.1) is 0 Å². The van der Waals surface area contributed by atoms with E-state index in [0.29, 0.717) is 46.5 Å². The fourth-order valence-corrected chi connectivity index (χ4v) is 3.94. The van der Waals surface area contributed by atoms with Crippen LogP contribution in [0.4, 0.5) is 23.3 Å². The van der Waals surface area contributed by atoms with Gasteiger partial charge in [0.15, 0.2) is 17.2 Å². The summed E-state index contributed by atoms with van der Waals surface area (Å²) in [6.45, 7) is 4.87. The largest absolute Gasteiger partial charge is 0.474 e. The summed E-state index contributed by atoms with van der Waals surface area (Å²) in [6.07, 6.45) is 3.30. The number of aromatic nitrogens is 4. The van der Waals surface area contributed by atoms with E-state index in [1.54, 1.807) is 32.0 Å². The lowest BCUT2D eigenvalue weighted by Gasteiger charge is -2.32. The molecule has 3 aromatic heterocycles. The van der Waals surface area contributed by atoms with Crippen LogP contribution in [0.1, 0.15) is 26.7 Å². The first-order valence-corrected chi connectivity index (χ1v) is 10.5. The monoisotopic (exact) mass is 436 g/mol. The van der Waals surface area contributed by atoms with Gasteiger partial charge in [0.05, 0.1) is 11.8 Å². The highest BCUT2D eigenvalue weighted by Gasteiger charge is 2.36. The van der Waals surface area contributed by atoms with E-state index in [2.05, 4.69) is 30.5 Å². The Kier molecular flexibility index (Phi) is 4.70. The molecule has 3 aromatic rings. The van der Waals surface area contributed by atoms with Crippen LogP contribution in [-0.2, 0) is 4.79 Å². The summed E-state index contributed by atoms with van der Waals surface area (Å²) in [5, 5.41) is 6.19. The normalized spacial score (nSPS) is 19.8. The second-order valence-electron chi connectivity index (χ2n) is 8.54. The van der Waals surface area contributed by atoms with E-state index in [1.165, 1.54) is 6.33 Å². The number of amides is 1. The molecule has 166 valence electrons. The number of fused-ring (bicyclic) bond motifs is 2. The van der Waals surface area contributed by atoms with Gasteiger partial charge in [0.1, 0.15) is 22.8 Å². The fourth-order valence-electron chi connectivity index (χ4n) is 3.94. The summed E-state index contributed by atoms with van der Waals surface area (Å²) in [5.74, 6) is 1.88. The van der Waals surface area contributed by atoms with E-state index >= 15 is 0 Å². The number of hydrogen-bond acceptors (Lipinski definition) is 9. The minimum Gasteiger partial charge on any atom is -0.474 e. The lowest BCUT2D eigenvalue weighted by Crippen LogP contribution is -2.46. The molecule has 0 spiro atoms. The summed E-state index contributed by atoms with van der Waals surface area (Å²) in [7, 11) is 0. The molecule has 1 fully saturated rings. The van der Waals surface area contributed by atoms with Crippen molar-refractivity contribution in [1.29, 1.82) is 0 Å². The Hall–Kier alpha value is -3.73. The standard InChI is InChI=1S/C21H24N8O3/c1-21(2)20(31)28-17-13(32-21)5-6-14(25-17)26-18-16-12(23-10-24-19(16)30)8-15(27-18)29-7-3-4-11(22)9-29/h5-6,8,10-11H,3-4,7,9,22H2,1-2H3,(H,23,24,30)(H2,25,26,27,28,31)/t11-/m1/s1. The molecule has 0 saturated carbocycles. The van der Waals surface area contributed by atoms with Gasteiger partial charge in [0.25, 0.3) is 11.5 Å². The van der Waals surface area contributed by atoms with E-state index in [4.69, 9.17) is 15.5 Å². The van der Waals surface area contributed by atoms with Crippen molar-refractivity contribution in [2.75, 3.05) is 28.6 Å². The number of nitrogens with zero attached hydrogens (tertiary/aromatic N) is 4. The number of piperidine rings is 1. The molecule has 5 N–H and O–H groups in total. The van der Waals surface area contributed by atoms with E-state index in [1.807, 2.05) is 0 Å². The molecule has 11 heteroatoms. The van der Waals surface area contributed by atoms with Crippen molar-refractivity contribution in [3.8, 4) is 5.75 Å². The zero-order valence-corrected chi connectivity index (χ0v) is 17.8. The molecule has 2 aliphatic rings. The van der Waals surface area contributed by atoms with E-state index < -0.39 is 5.60 Å². The van der Waals surface area contributed by atoms with Crippen LogP contribution in [0.5, 0.6) is 5.75 Å². The number of carbonyl (C=O) groups excluding carboxylic acids is 1. The maximum absolute atomic E-state index is 12.6. The number of H-pyrrole nitrogens is 1. The summed E-state index contributed by atoms with van der Waals surface area (Å²) in [6, 6.07) is 5.28. The first kappa shape index (κ1) is 20.2. The third-order valence-electron chi connectivity index (χ3n) is 5.64. The maximum Gasteiger partial charge on any atom is 0.269 e. The van der Waals surface area contributed by atoms with Crippen LogP contribution in [0.3, 0.4) is 0 Å². The Morgan fingerprint density at radius 3 is 2.94 bits per heavy atom. The van der Waals surface area contributed by atoms with Crippen molar-refractivity contribution in [3.63, 3.8) is 0 Å². The molecule has 1 atom stereocenters. The van der Waals surface area contributed by atoms with Gasteiger partial charge in [0.2, 0.25) is 0 Å². The first-order chi connectivity index (χ1) is 15.3. The molecule has 2 aliphatic heterocycles. The third-order valence-corrected chi connectivity index (χ3v) is 5.64. The Labute approximate surface area is 183 Å². The molecule has 0 unspecified atom stereocenters. The minimum absolute atomic E-state index is 0.0694. The molecule has 0 aliphatic carbocycles. The highest BCUT2D eigenvalue weighted by atomic mass is 16.5. The first-order valence-electron chi connectivity index (χ1n) is 10.5. The number of aromatic amines is 1. The van der Waals surface area contributed by atoms with Crippen LogP contribution in [0.15, 0.2) is 29.3 Å². The molecular formula is C21H24N8O3. The molecule has 0 bridgehead atoms. The van der Waals surface area contributed by atoms with Crippen molar-refractivity contribution in [2.24, 2.45) is 5.73 Å². The predicted octanol–water partition coefficient (Wildman–Crippen LogP) is 1.49. The number of rotatable bonds is 3. The Morgan fingerprint density at radius 2 is 2.12 bits per heavy atom. The van der Waals surface area contributed by atoms with Crippen LogP contribution in [0, 0.1) is 0 Å². The van der Waals surface area contributed by atoms with Crippen molar-refractivity contribution < 1.29 is 9.53 Å². The summed E-state index contributed by atoms with van der Waals surface area (Å²) in [4.78, 5) is 43.0. The SMILES string of the molecule is CC1(C)Oc2ccc(Nc3nc(N4CCC[C@@H](N)C4)cc4nc[nH]c(=O)c34)nc2NC1=O. The maximum atomic E-state index is 12.6.